The van der Waals surface area contributed by atoms with Gasteiger partial charge in [0.05, 0.1) is 5.69 Å². The molecule has 1 aromatic carbocycles. The number of rotatable bonds is 5. The monoisotopic (exact) mass is 318 g/mol. The molecular formula is C20H22N4. The maximum absolute atomic E-state index is 4.61. The van der Waals surface area contributed by atoms with Gasteiger partial charge in [-0.15, -0.1) is 0 Å². The molecule has 0 saturated heterocycles. The summed E-state index contributed by atoms with van der Waals surface area (Å²) in [4.78, 5) is 13.1. The van der Waals surface area contributed by atoms with Gasteiger partial charge < -0.3 is 5.32 Å². The van der Waals surface area contributed by atoms with Crippen molar-refractivity contribution in [3.05, 3.63) is 66.1 Å². The zero-order valence-electron chi connectivity index (χ0n) is 14.3. The molecule has 2 heterocycles. The normalized spacial score (nSPS) is 12.0. The molecule has 3 rings (SSSR count). The van der Waals surface area contributed by atoms with Crippen LogP contribution in [0.4, 0.5) is 11.6 Å². The van der Waals surface area contributed by atoms with Crippen LogP contribution in [0.2, 0.25) is 0 Å². The highest BCUT2D eigenvalue weighted by Gasteiger charge is 2.08. The first-order valence-electron chi connectivity index (χ1n) is 8.28. The van der Waals surface area contributed by atoms with Gasteiger partial charge in [0.2, 0.25) is 5.95 Å². The number of aryl methyl sites for hydroxylation is 1. The van der Waals surface area contributed by atoms with Crippen molar-refractivity contribution in [3.63, 3.8) is 0 Å². The van der Waals surface area contributed by atoms with Crippen LogP contribution in [0.15, 0.2) is 55.0 Å². The van der Waals surface area contributed by atoms with Gasteiger partial charge in [-0.2, -0.15) is 0 Å². The minimum atomic E-state index is 0.536. The molecule has 1 unspecified atom stereocenters. The molecule has 0 aliphatic heterocycles. The predicted molar refractivity (Wildman–Crippen MR) is 98.4 cm³/mol. The molecule has 0 spiro atoms. The zero-order valence-corrected chi connectivity index (χ0v) is 14.3. The van der Waals surface area contributed by atoms with Crippen molar-refractivity contribution < 1.29 is 0 Å². The van der Waals surface area contributed by atoms with Crippen LogP contribution >= 0.6 is 0 Å². The largest absolute Gasteiger partial charge is 0.324 e. The Bertz CT molecular complexity index is 815. The molecule has 0 saturated carbocycles. The summed E-state index contributed by atoms with van der Waals surface area (Å²) < 4.78 is 0. The molecule has 2 aromatic heterocycles. The molecule has 122 valence electrons. The number of nitrogens with one attached hydrogen (secondary N) is 1. The molecule has 0 aliphatic carbocycles. The third-order valence-electron chi connectivity index (χ3n) is 4.30. The van der Waals surface area contributed by atoms with Gasteiger partial charge in [-0.25, -0.2) is 9.97 Å². The van der Waals surface area contributed by atoms with Crippen LogP contribution in [0.3, 0.4) is 0 Å². The molecule has 0 aliphatic rings. The number of aromatic nitrogens is 3. The van der Waals surface area contributed by atoms with Crippen LogP contribution in [-0.2, 0) is 0 Å². The maximum atomic E-state index is 4.61. The van der Waals surface area contributed by atoms with Gasteiger partial charge in [0, 0.05) is 29.8 Å². The number of nitrogens with zero attached hydrogens (tertiary/aromatic N) is 3. The van der Waals surface area contributed by atoms with E-state index in [4.69, 9.17) is 0 Å². The second kappa shape index (κ2) is 7.21. The Balaban J connectivity index is 1.89. The van der Waals surface area contributed by atoms with Crippen molar-refractivity contribution in [1.29, 1.82) is 0 Å². The topological polar surface area (TPSA) is 50.7 Å². The minimum Gasteiger partial charge on any atom is -0.324 e. The molecule has 0 amide bonds. The highest BCUT2D eigenvalue weighted by atomic mass is 15.1. The lowest BCUT2D eigenvalue weighted by molar-refractivity contribution is 0.733. The summed E-state index contributed by atoms with van der Waals surface area (Å²) in [5, 5.41) is 3.36. The van der Waals surface area contributed by atoms with Gasteiger partial charge in [-0.3, -0.25) is 4.98 Å². The summed E-state index contributed by atoms with van der Waals surface area (Å²) in [5.41, 5.74) is 5.40. The molecule has 4 heteroatoms. The lowest BCUT2D eigenvalue weighted by atomic mass is 9.97. The molecule has 3 aromatic rings. The van der Waals surface area contributed by atoms with Gasteiger partial charge in [-0.05, 0) is 54.7 Å². The van der Waals surface area contributed by atoms with E-state index in [-0.39, 0.29) is 0 Å². The van der Waals surface area contributed by atoms with E-state index in [0.29, 0.717) is 11.9 Å². The summed E-state index contributed by atoms with van der Waals surface area (Å²) in [6.07, 6.45) is 6.45. The van der Waals surface area contributed by atoms with Gasteiger partial charge >= 0.3 is 0 Å². The number of anilines is 2. The van der Waals surface area contributed by atoms with Gasteiger partial charge in [0.1, 0.15) is 0 Å². The number of benzene rings is 1. The predicted octanol–water partition coefficient (Wildman–Crippen LogP) is 5.10. The highest BCUT2D eigenvalue weighted by molar-refractivity contribution is 5.63. The second-order valence-electron chi connectivity index (χ2n) is 6.02. The fourth-order valence-electron chi connectivity index (χ4n) is 2.53. The Kier molecular flexibility index (Phi) is 4.85. The molecule has 1 N–H and O–H groups in total. The maximum Gasteiger partial charge on any atom is 0.227 e. The number of hydrogen-bond acceptors (Lipinski definition) is 4. The quantitative estimate of drug-likeness (QED) is 0.710. The Hall–Kier alpha value is -2.75. The summed E-state index contributed by atoms with van der Waals surface area (Å²) >= 11 is 0. The van der Waals surface area contributed by atoms with Crippen LogP contribution in [0.1, 0.15) is 37.3 Å². The molecule has 1 atom stereocenters. The number of hydrogen-bond donors (Lipinski definition) is 1. The summed E-state index contributed by atoms with van der Waals surface area (Å²) in [7, 11) is 0. The van der Waals surface area contributed by atoms with Crippen LogP contribution in [0.5, 0.6) is 0 Å². The van der Waals surface area contributed by atoms with Crippen LogP contribution in [0, 0.1) is 6.92 Å². The Morgan fingerprint density at radius 2 is 2.00 bits per heavy atom. The first kappa shape index (κ1) is 16.1. The fourth-order valence-corrected chi connectivity index (χ4v) is 2.53. The average Bonchev–Trinajstić information content (AvgIpc) is 2.64. The van der Waals surface area contributed by atoms with Crippen molar-refractivity contribution in [3.8, 4) is 11.3 Å². The lowest BCUT2D eigenvalue weighted by Crippen LogP contribution is -2.01. The fraction of sp³-hybridized carbons (Fsp3) is 0.250. The first-order chi connectivity index (χ1) is 11.7. The SMILES string of the molecule is CCC(C)c1ccc(C)c(Nc2nccc(-c3cccnc3)n2)c1. The summed E-state index contributed by atoms with van der Waals surface area (Å²) in [5.74, 6) is 1.13. The van der Waals surface area contributed by atoms with E-state index in [2.05, 4.69) is 59.2 Å². The van der Waals surface area contributed by atoms with Gasteiger partial charge in [-0.1, -0.05) is 26.0 Å². The highest BCUT2D eigenvalue weighted by Crippen LogP contribution is 2.26. The van der Waals surface area contributed by atoms with Crippen LogP contribution in [0.25, 0.3) is 11.3 Å². The average molecular weight is 318 g/mol. The third-order valence-corrected chi connectivity index (χ3v) is 4.30. The van der Waals surface area contributed by atoms with Gasteiger partial charge in [0.15, 0.2) is 0 Å². The Labute approximate surface area is 143 Å². The standard InChI is InChI=1S/C20H22N4/c1-4-14(2)16-8-7-15(3)19(12-16)24-20-22-11-9-18(23-20)17-6-5-10-21-13-17/h5-14H,4H2,1-3H3,(H,22,23,24). The van der Waals surface area contributed by atoms with E-state index in [1.807, 2.05) is 18.2 Å². The van der Waals surface area contributed by atoms with Crippen LogP contribution in [-0.4, -0.2) is 15.0 Å². The van der Waals surface area contributed by atoms with E-state index in [0.717, 1.165) is 23.4 Å². The van der Waals surface area contributed by atoms with Crippen molar-refractivity contribution in [2.45, 2.75) is 33.1 Å². The van der Waals surface area contributed by atoms with Gasteiger partial charge in [0.25, 0.3) is 0 Å². The van der Waals surface area contributed by atoms with Crippen molar-refractivity contribution in [2.24, 2.45) is 0 Å². The smallest absolute Gasteiger partial charge is 0.227 e. The molecule has 0 radical (unpaired) electrons. The molecular weight excluding hydrogens is 296 g/mol. The second-order valence-corrected chi connectivity index (χ2v) is 6.02. The Morgan fingerprint density at radius 3 is 2.75 bits per heavy atom. The summed E-state index contributed by atoms with van der Waals surface area (Å²) in [6, 6.07) is 12.3. The van der Waals surface area contributed by atoms with Crippen molar-refractivity contribution in [2.75, 3.05) is 5.32 Å². The van der Waals surface area contributed by atoms with Crippen molar-refractivity contribution in [1.82, 2.24) is 15.0 Å². The van der Waals surface area contributed by atoms with E-state index >= 15 is 0 Å². The third kappa shape index (κ3) is 3.59. The summed E-state index contributed by atoms with van der Waals surface area (Å²) in [6.45, 7) is 6.54. The molecule has 24 heavy (non-hydrogen) atoms. The lowest BCUT2D eigenvalue weighted by Gasteiger charge is -2.14. The van der Waals surface area contributed by atoms with E-state index in [1.165, 1.54) is 11.1 Å². The van der Waals surface area contributed by atoms with Crippen LogP contribution < -0.4 is 5.32 Å². The number of pyridine rings is 1. The minimum absolute atomic E-state index is 0.536. The Morgan fingerprint density at radius 1 is 1.12 bits per heavy atom. The van der Waals surface area contributed by atoms with E-state index in [9.17, 15) is 0 Å². The molecule has 0 fully saturated rings. The first-order valence-corrected chi connectivity index (χ1v) is 8.28. The zero-order chi connectivity index (χ0) is 16.9. The molecule has 0 bridgehead atoms. The van der Waals surface area contributed by atoms with E-state index < -0.39 is 0 Å². The molecule has 4 nitrogen and oxygen atoms in total. The van der Waals surface area contributed by atoms with E-state index in [1.54, 1.807) is 18.6 Å². The van der Waals surface area contributed by atoms with Crippen molar-refractivity contribution >= 4 is 11.6 Å².